The Morgan fingerprint density at radius 3 is 2.70 bits per heavy atom. The lowest BCUT2D eigenvalue weighted by molar-refractivity contribution is 0.306. The van der Waals surface area contributed by atoms with Crippen molar-refractivity contribution >= 4 is 28.5 Å². The van der Waals surface area contributed by atoms with Crippen molar-refractivity contribution in [2.75, 3.05) is 11.2 Å². The fraction of sp³-hybridized carbons (Fsp3) is 0.0588. The van der Waals surface area contributed by atoms with Crippen LogP contribution in [0.25, 0.3) is 0 Å². The molecule has 0 atom stereocenters. The SMILES string of the molecule is Nc1csc(NN=Cc2ccccc2COc2ccccc2)n1. The van der Waals surface area contributed by atoms with Gasteiger partial charge in [-0.05, 0) is 17.7 Å². The molecule has 1 aromatic heterocycles. The smallest absolute Gasteiger partial charge is 0.205 e. The maximum Gasteiger partial charge on any atom is 0.205 e. The Labute approximate surface area is 138 Å². The van der Waals surface area contributed by atoms with Crippen molar-refractivity contribution in [1.82, 2.24) is 4.98 Å². The molecule has 23 heavy (non-hydrogen) atoms. The summed E-state index contributed by atoms with van der Waals surface area (Å²) in [4.78, 5) is 4.09. The molecule has 0 saturated heterocycles. The number of hydrogen-bond donors (Lipinski definition) is 2. The van der Waals surface area contributed by atoms with E-state index in [1.165, 1.54) is 11.3 Å². The maximum absolute atomic E-state index is 5.79. The lowest BCUT2D eigenvalue weighted by Gasteiger charge is -2.08. The van der Waals surface area contributed by atoms with Gasteiger partial charge in [0.1, 0.15) is 18.2 Å². The highest BCUT2D eigenvalue weighted by Crippen LogP contribution is 2.17. The van der Waals surface area contributed by atoms with Crippen molar-refractivity contribution in [3.05, 3.63) is 71.1 Å². The van der Waals surface area contributed by atoms with Crippen LogP contribution in [0, 0.1) is 0 Å². The number of nitrogens with two attached hydrogens (primary N) is 1. The van der Waals surface area contributed by atoms with Crippen LogP contribution in [-0.2, 0) is 6.61 Å². The van der Waals surface area contributed by atoms with Crippen LogP contribution in [0.3, 0.4) is 0 Å². The summed E-state index contributed by atoms with van der Waals surface area (Å²) < 4.78 is 5.79. The van der Waals surface area contributed by atoms with E-state index in [9.17, 15) is 0 Å². The van der Waals surface area contributed by atoms with E-state index in [1.807, 2.05) is 54.6 Å². The van der Waals surface area contributed by atoms with Crippen molar-refractivity contribution in [1.29, 1.82) is 0 Å². The second-order valence-electron chi connectivity index (χ2n) is 4.75. The summed E-state index contributed by atoms with van der Waals surface area (Å²) in [7, 11) is 0. The Balaban J connectivity index is 1.65. The van der Waals surface area contributed by atoms with E-state index in [2.05, 4.69) is 15.5 Å². The van der Waals surface area contributed by atoms with Gasteiger partial charge in [0.2, 0.25) is 5.13 Å². The van der Waals surface area contributed by atoms with E-state index in [1.54, 1.807) is 11.6 Å². The normalized spacial score (nSPS) is 10.8. The zero-order valence-electron chi connectivity index (χ0n) is 12.3. The van der Waals surface area contributed by atoms with Gasteiger partial charge in [0, 0.05) is 10.9 Å². The van der Waals surface area contributed by atoms with Gasteiger partial charge >= 0.3 is 0 Å². The predicted molar refractivity (Wildman–Crippen MR) is 95.0 cm³/mol. The number of hydrogen-bond acceptors (Lipinski definition) is 6. The van der Waals surface area contributed by atoms with Gasteiger partial charge in [-0.3, -0.25) is 5.43 Å². The number of rotatable bonds is 6. The van der Waals surface area contributed by atoms with Crippen LogP contribution in [0.2, 0.25) is 0 Å². The molecule has 116 valence electrons. The number of hydrazone groups is 1. The number of aromatic nitrogens is 1. The Hall–Kier alpha value is -2.86. The van der Waals surface area contributed by atoms with Crippen molar-refractivity contribution in [3.63, 3.8) is 0 Å². The second kappa shape index (κ2) is 7.42. The molecule has 0 saturated carbocycles. The number of anilines is 2. The molecule has 0 bridgehead atoms. The largest absolute Gasteiger partial charge is 0.489 e. The Morgan fingerprint density at radius 1 is 1.13 bits per heavy atom. The van der Waals surface area contributed by atoms with E-state index < -0.39 is 0 Å². The summed E-state index contributed by atoms with van der Waals surface area (Å²) in [6.45, 7) is 0.483. The minimum atomic E-state index is 0.483. The van der Waals surface area contributed by atoms with Crippen molar-refractivity contribution in [3.8, 4) is 5.75 Å². The van der Waals surface area contributed by atoms with Gasteiger partial charge in [-0.2, -0.15) is 5.10 Å². The van der Waals surface area contributed by atoms with E-state index in [-0.39, 0.29) is 0 Å². The Kier molecular flexibility index (Phi) is 4.85. The molecule has 3 aromatic rings. The third-order valence-corrected chi connectivity index (χ3v) is 3.84. The molecule has 0 aliphatic rings. The first-order valence-corrected chi connectivity index (χ1v) is 7.95. The fourth-order valence-corrected chi connectivity index (χ4v) is 2.51. The summed E-state index contributed by atoms with van der Waals surface area (Å²) in [6, 6.07) is 17.7. The van der Waals surface area contributed by atoms with Crippen LogP contribution in [0.4, 0.5) is 10.9 Å². The van der Waals surface area contributed by atoms with Gasteiger partial charge in [0.15, 0.2) is 0 Å². The van der Waals surface area contributed by atoms with Gasteiger partial charge < -0.3 is 10.5 Å². The summed E-state index contributed by atoms with van der Waals surface area (Å²) in [5, 5.41) is 6.63. The molecule has 0 fully saturated rings. The van der Waals surface area contributed by atoms with Crippen LogP contribution in [-0.4, -0.2) is 11.2 Å². The summed E-state index contributed by atoms with van der Waals surface area (Å²) in [5.41, 5.74) is 10.5. The molecule has 0 aliphatic heterocycles. The predicted octanol–water partition coefficient (Wildman–Crippen LogP) is 3.75. The molecule has 0 unspecified atom stereocenters. The highest BCUT2D eigenvalue weighted by Gasteiger charge is 2.01. The standard InChI is InChI=1S/C17H16N4OS/c18-16-12-23-17(20-16)21-19-10-13-6-4-5-7-14(13)11-22-15-8-2-1-3-9-15/h1-10,12H,11,18H2,(H,20,21). The van der Waals surface area contributed by atoms with Gasteiger partial charge in [-0.25, -0.2) is 4.98 Å². The monoisotopic (exact) mass is 324 g/mol. The third kappa shape index (κ3) is 4.31. The number of benzene rings is 2. The number of thiazole rings is 1. The van der Waals surface area contributed by atoms with E-state index in [0.717, 1.165) is 16.9 Å². The number of nitrogens with zero attached hydrogens (tertiary/aromatic N) is 2. The van der Waals surface area contributed by atoms with Crippen molar-refractivity contribution < 1.29 is 4.74 Å². The number of ether oxygens (including phenoxy) is 1. The molecular formula is C17H16N4OS. The summed E-state index contributed by atoms with van der Waals surface area (Å²) >= 11 is 1.41. The topological polar surface area (TPSA) is 72.5 Å². The van der Waals surface area contributed by atoms with E-state index in [4.69, 9.17) is 10.5 Å². The second-order valence-corrected chi connectivity index (χ2v) is 5.61. The molecule has 0 radical (unpaired) electrons. The lowest BCUT2D eigenvalue weighted by Crippen LogP contribution is -2.00. The molecule has 6 heteroatoms. The van der Waals surface area contributed by atoms with E-state index >= 15 is 0 Å². The van der Waals surface area contributed by atoms with Gasteiger partial charge in [-0.1, -0.05) is 42.5 Å². The van der Waals surface area contributed by atoms with Gasteiger partial charge in [-0.15, -0.1) is 11.3 Å². The Bertz CT molecular complexity index is 786. The molecule has 3 rings (SSSR count). The molecule has 5 nitrogen and oxygen atoms in total. The van der Waals surface area contributed by atoms with Crippen LogP contribution in [0.15, 0.2) is 65.1 Å². The quantitative estimate of drug-likeness (QED) is 0.535. The average molecular weight is 324 g/mol. The lowest BCUT2D eigenvalue weighted by atomic mass is 10.1. The third-order valence-electron chi connectivity index (χ3n) is 3.08. The molecule has 0 aliphatic carbocycles. The molecule has 3 N–H and O–H groups in total. The summed E-state index contributed by atoms with van der Waals surface area (Å²) in [6.07, 6.45) is 1.75. The van der Waals surface area contributed by atoms with Gasteiger partial charge in [0.25, 0.3) is 0 Å². The van der Waals surface area contributed by atoms with Crippen LogP contribution < -0.4 is 15.9 Å². The molecular weight excluding hydrogens is 308 g/mol. The highest BCUT2D eigenvalue weighted by molar-refractivity contribution is 7.14. The van der Waals surface area contributed by atoms with E-state index in [0.29, 0.717) is 17.6 Å². The number of nitrogens with one attached hydrogen (secondary N) is 1. The van der Waals surface area contributed by atoms with Crippen molar-refractivity contribution in [2.24, 2.45) is 5.10 Å². The number of para-hydroxylation sites is 1. The van der Waals surface area contributed by atoms with Crippen LogP contribution >= 0.6 is 11.3 Å². The summed E-state index contributed by atoms with van der Waals surface area (Å²) in [5.74, 6) is 1.33. The zero-order chi connectivity index (χ0) is 15.9. The minimum Gasteiger partial charge on any atom is -0.489 e. The first-order valence-electron chi connectivity index (χ1n) is 7.07. The maximum atomic E-state index is 5.79. The number of nitrogen functional groups attached to an aromatic ring is 1. The minimum absolute atomic E-state index is 0.483. The first kappa shape index (κ1) is 15.1. The molecule has 2 aromatic carbocycles. The van der Waals surface area contributed by atoms with Gasteiger partial charge in [0.05, 0.1) is 6.21 Å². The molecule has 0 amide bonds. The highest BCUT2D eigenvalue weighted by atomic mass is 32.1. The van der Waals surface area contributed by atoms with Crippen LogP contribution in [0.5, 0.6) is 5.75 Å². The molecule has 0 spiro atoms. The van der Waals surface area contributed by atoms with Crippen LogP contribution in [0.1, 0.15) is 11.1 Å². The fourth-order valence-electron chi connectivity index (χ4n) is 1.96. The average Bonchev–Trinajstić information content (AvgIpc) is 3.00. The molecule has 1 heterocycles. The zero-order valence-corrected chi connectivity index (χ0v) is 13.2. The first-order chi connectivity index (χ1) is 11.3. The Morgan fingerprint density at radius 2 is 1.91 bits per heavy atom. The van der Waals surface area contributed by atoms with Crippen molar-refractivity contribution in [2.45, 2.75) is 6.61 Å².